The Kier molecular flexibility index (Phi) is 3.23. The predicted molar refractivity (Wildman–Crippen MR) is 81.3 cm³/mol. The third-order valence-electron chi connectivity index (χ3n) is 3.84. The van der Waals surface area contributed by atoms with E-state index >= 15 is 0 Å². The number of nitriles is 1. The minimum atomic E-state index is -0.647. The average molecular weight is 329 g/mol. The van der Waals surface area contributed by atoms with Crippen molar-refractivity contribution < 1.29 is 4.79 Å². The summed E-state index contributed by atoms with van der Waals surface area (Å²) in [5.74, 6) is -0.170. The summed E-state index contributed by atoms with van der Waals surface area (Å²) in [6, 6.07) is 13.7. The summed E-state index contributed by atoms with van der Waals surface area (Å²) in [5.41, 5.74) is -0.0486. The lowest BCUT2D eigenvalue weighted by molar-refractivity contribution is 0.0881. The molecule has 0 aliphatic heterocycles. The Balaban J connectivity index is 1.88. The van der Waals surface area contributed by atoms with Crippen molar-refractivity contribution in [2.24, 2.45) is 0 Å². The lowest BCUT2D eigenvalue weighted by Gasteiger charge is -2.35. The fourth-order valence-electron chi connectivity index (χ4n) is 2.44. The van der Waals surface area contributed by atoms with E-state index in [-0.39, 0.29) is 5.91 Å². The van der Waals surface area contributed by atoms with Crippen LogP contribution >= 0.6 is 15.9 Å². The van der Waals surface area contributed by atoms with Crippen molar-refractivity contribution in [1.82, 2.24) is 5.32 Å². The van der Waals surface area contributed by atoms with E-state index in [2.05, 4.69) is 27.3 Å². The molecule has 3 rings (SSSR count). The van der Waals surface area contributed by atoms with E-state index in [9.17, 15) is 4.79 Å². The predicted octanol–water partition coefficient (Wildman–Crippen LogP) is 3.78. The van der Waals surface area contributed by atoms with Gasteiger partial charge in [-0.1, -0.05) is 28.1 Å². The highest BCUT2D eigenvalue weighted by molar-refractivity contribution is 9.10. The Morgan fingerprint density at radius 1 is 1.20 bits per heavy atom. The van der Waals surface area contributed by atoms with E-state index < -0.39 is 5.54 Å². The summed E-state index contributed by atoms with van der Waals surface area (Å²) in [5, 5.41) is 14.1. The second-order valence-electron chi connectivity index (χ2n) is 5.21. The maximum absolute atomic E-state index is 12.3. The van der Waals surface area contributed by atoms with Crippen LogP contribution in [0.15, 0.2) is 40.9 Å². The molecule has 2 aromatic rings. The molecule has 3 nitrogen and oxygen atoms in total. The molecule has 0 radical (unpaired) electrons. The van der Waals surface area contributed by atoms with Gasteiger partial charge < -0.3 is 5.32 Å². The molecule has 100 valence electrons. The Bertz CT molecular complexity index is 729. The summed E-state index contributed by atoms with van der Waals surface area (Å²) in [6.07, 6.45) is 2.49. The van der Waals surface area contributed by atoms with Gasteiger partial charge in [-0.05, 0) is 54.3 Å². The van der Waals surface area contributed by atoms with Crippen molar-refractivity contribution >= 4 is 32.6 Å². The van der Waals surface area contributed by atoms with Crippen molar-refractivity contribution in [2.45, 2.75) is 24.8 Å². The third-order valence-corrected chi connectivity index (χ3v) is 4.33. The molecule has 1 saturated carbocycles. The Morgan fingerprint density at radius 3 is 2.55 bits per heavy atom. The zero-order valence-electron chi connectivity index (χ0n) is 10.8. The van der Waals surface area contributed by atoms with Crippen LogP contribution in [0.2, 0.25) is 0 Å². The highest BCUT2D eigenvalue weighted by atomic mass is 79.9. The Labute approximate surface area is 125 Å². The molecule has 0 bridgehead atoms. The Hall–Kier alpha value is -1.86. The number of carbonyl (C=O) groups excluding carboxylic acids is 1. The van der Waals surface area contributed by atoms with Gasteiger partial charge in [0.25, 0.3) is 5.91 Å². The zero-order valence-corrected chi connectivity index (χ0v) is 12.4. The van der Waals surface area contributed by atoms with E-state index in [1.165, 1.54) is 0 Å². The van der Waals surface area contributed by atoms with Crippen LogP contribution < -0.4 is 5.32 Å². The van der Waals surface area contributed by atoms with Gasteiger partial charge >= 0.3 is 0 Å². The topological polar surface area (TPSA) is 52.9 Å². The minimum absolute atomic E-state index is 0.170. The number of halogens is 1. The van der Waals surface area contributed by atoms with Crippen molar-refractivity contribution in [3.05, 3.63) is 46.4 Å². The zero-order chi connectivity index (χ0) is 14.2. The number of nitrogens with one attached hydrogen (secondary N) is 1. The minimum Gasteiger partial charge on any atom is -0.334 e. The summed E-state index contributed by atoms with van der Waals surface area (Å²) in [4.78, 5) is 12.3. The fourth-order valence-corrected chi connectivity index (χ4v) is 2.82. The number of benzene rings is 2. The van der Waals surface area contributed by atoms with Gasteiger partial charge in [0.1, 0.15) is 5.54 Å². The molecule has 1 aliphatic carbocycles. The molecule has 1 fully saturated rings. The quantitative estimate of drug-likeness (QED) is 0.912. The molecule has 0 unspecified atom stereocenters. The monoisotopic (exact) mass is 328 g/mol. The van der Waals surface area contributed by atoms with Crippen molar-refractivity contribution in [3.63, 3.8) is 0 Å². The smallest absolute Gasteiger partial charge is 0.252 e. The number of amides is 1. The Morgan fingerprint density at radius 2 is 1.90 bits per heavy atom. The summed E-state index contributed by atoms with van der Waals surface area (Å²) < 4.78 is 1.01. The van der Waals surface area contributed by atoms with E-state index in [0.717, 1.165) is 34.5 Å². The molecule has 1 amide bonds. The van der Waals surface area contributed by atoms with Gasteiger partial charge in [0.05, 0.1) is 6.07 Å². The summed E-state index contributed by atoms with van der Waals surface area (Å²) in [7, 11) is 0. The number of hydrogen-bond donors (Lipinski definition) is 1. The van der Waals surface area contributed by atoms with E-state index in [1.54, 1.807) is 6.07 Å². The molecule has 0 spiro atoms. The van der Waals surface area contributed by atoms with Crippen LogP contribution in [0.4, 0.5) is 0 Å². The molecular formula is C16H13BrN2O. The van der Waals surface area contributed by atoms with Gasteiger partial charge in [0.15, 0.2) is 0 Å². The first kappa shape index (κ1) is 13.1. The second-order valence-corrected chi connectivity index (χ2v) is 6.12. The van der Waals surface area contributed by atoms with Crippen molar-refractivity contribution in [2.75, 3.05) is 0 Å². The molecule has 0 heterocycles. The van der Waals surface area contributed by atoms with Gasteiger partial charge in [-0.3, -0.25) is 4.79 Å². The highest BCUT2D eigenvalue weighted by Gasteiger charge is 2.38. The normalized spacial score (nSPS) is 16.2. The number of rotatable bonds is 2. The van der Waals surface area contributed by atoms with Crippen LogP contribution in [0.25, 0.3) is 10.8 Å². The van der Waals surface area contributed by atoms with Crippen LogP contribution in [-0.4, -0.2) is 11.4 Å². The highest BCUT2D eigenvalue weighted by Crippen LogP contribution is 2.31. The number of hydrogen-bond acceptors (Lipinski definition) is 2. The largest absolute Gasteiger partial charge is 0.334 e. The van der Waals surface area contributed by atoms with E-state index in [1.807, 2.05) is 30.3 Å². The molecule has 1 N–H and O–H groups in total. The molecule has 4 heteroatoms. The van der Waals surface area contributed by atoms with Crippen LogP contribution in [-0.2, 0) is 0 Å². The van der Waals surface area contributed by atoms with E-state index in [4.69, 9.17) is 5.26 Å². The van der Waals surface area contributed by atoms with Crippen molar-refractivity contribution in [3.8, 4) is 6.07 Å². The first-order valence-corrected chi connectivity index (χ1v) is 7.34. The van der Waals surface area contributed by atoms with Crippen LogP contribution in [0.5, 0.6) is 0 Å². The maximum atomic E-state index is 12.3. The fraction of sp³-hybridized carbons (Fsp3) is 0.250. The van der Waals surface area contributed by atoms with Gasteiger partial charge in [-0.2, -0.15) is 5.26 Å². The lowest BCUT2D eigenvalue weighted by atomic mass is 9.78. The van der Waals surface area contributed by atoms with Crippen LogP contribution in [0, 0.1) is 11.3 Å². The molecule has 2 aromatic carbocycles. The van der Waals surface area contributed by atoms with Gasteiger partial charge in [0, 0.05) is 10.0 Å². The first-order chi connectivity index (χ1) is 9.62. The number of carbonyl (C=O) groups is 1. The SMILES string of the molecule is N#CC1(NC(=O)c2ccc3cc(Br)ccc3c2)CCC1. The second kappa shape index (κ2) is 4.92. The molecule has 1 aliphatic rings. The van der Waals surface area contributed by atoms with Gasteiger partial charge in [0.2, 0.25) is 0 Å². The van der Waals surface area contributed by atoms with Crippen LogP contribution in [0.3, 0.4) is 0 Å². The molecule has 0 saturated heterocycles. The summed E-state index contributed by atoms with van der Waals surface area (Å²) >= 11 is 3.43. The van der Waals surface area contributed by atoms with Crippen molar-refractivity contribution in [1.29, 1.82) is 5.26 Å². The molecule has 20 heavy (non-hydrogen) atoms. The number of fused-ring (bicyclic) bond motifs is 1. The standard InChI is InChI=1S/C16H13BrN2O/c17-14-5-4-11-8-13(3-2-12(11)9-14)15(20)19-16(10-18)6-1-7-16/h2-5,8-9H,1,6-7H2,(H,19,20). The lowest BCUT2D eigenvalue weighted by Crippen LogP contribution is -2.52. The molecule has 0 aromatic heterocycles. The third kappa shape index (κ3) is 2.30. The molecule has 0 atom stereocenters. The average Bonchev–Trinajstić information content (AvgIpc) is 2.42. The van der Waals surface area contributed by atoms with Gasteiger partial charge in [-0.15, -0.1) is 0 Å². The molecular weight excluding hydrogens is 316 g/mol. The van der Waals surface area contributed by atoms with E-state index in [0.29, 0.717) is 5.56 Å². The van der Waals surface area contributed by atoms with Crippen LogP contribution in [0.1, 0.15) is 29.6 Å². The maximum Gasteiger partial charge on any atom is 0.252 e. The number of nitrogens with zero attached hydrogens (tertiary/aromatic N) is 1. The first-order valence-electron chi connectivity index (χ1n) is 6.55. The van der Waals surface area contributed by atoms with Gasteiger partial charge in [-0.25, -0.2) is 0 Å². The summed E-state index contributed by atoms with van der Waals surface area (Å²) in [6.45, 7) is 0.